The van der Waals surface area contributed by atoms with Crippen LogP contribution in [0.25, 0.3) is 0 Å². The monoisotopic (exact) mass is 301 g/mol. The van der Waals surface area contributed by atoms with Gasteiger partial charge in [-0.3, -0.25) is 0 Å². The number of alkyl halides is 4. The summed E-state index contributed by atoms with van der Waals surface area (Å²) in [6, 6.07) is 12.0. The van der Waals surface area contributed by atoms with Gasteiger partial charge in [-0.15, -0.1) is 0 Å². The van der Waals surface area contributed by atoms with Crippen LogP contribution in [0.4, 0.5) is 17.6 Å². The molecule has 0 fully saturated rings. The number of aromatic nitrogens is 3. The van der Waals surface area contributed by atoms with Crippen molar-refractivity contribution in [2.24, 2.45) is 0 Å². The molecular formula is C14H15F4N3. The van der Waals surface area contributed by atoms with E-state index in [0.29, 0.717) is 13.0 Å². The fourth-order valence-electron chi connectivity index (χ4n) is 1.91. The summed E-state index contributed by atoms with van der Waals surface area (Å²) in [6.45, 7) is 0.398. The van der Waals surface area contributed by atoms with E-state index in [4.69, 9.17) is 0 Å². The molecule has 1 aromatic heterocycles. The molecule has 0 saturated heterocycles. The Morgan fingerprint density at radius 3 is 2.14 bits per heavy atom. The number of benzene rings is 1. The van der Waals surface area contributed by atoms with E-state index < -0.39 is 18.8 Å². The van der Waals surface area contributed by atoms with E-state index in [1.165, 1.54) is 4.68 Å². The number of hydrogen-bond acceptors (Lipinski definition) is 2. The average molecular weight is 301 g/mol. The van der Waals surface area contributed by atoms with Gasteiger partial charge in [0, 0.05) is 19.4 Å². The van der Waals surface area contributed by atoms with Gasteiger partial charge >= 0.3 is 6.18 Å². The molecule has 0 N–H and O–H groups in total. The zero-order valence-corrected chi connectivity index (χ0v) is 11.2. The van der Waals surface area contributed by atoms with Crippen molar-refractivity contribution >= 4 is 0 Å². The maximum atomic E-state index is 13.1. The van der Waals surface area contributed by atoms with E-state index in [1.54, 1.807) is 0 Å². The van der Waals surface area contributed by atoms with Crippen molar-refractivity contribution in [1.29, 1.82) is 0 Å². The van der Waals surface area contributed by atoms with Gasteiger partial charge in [-0.2, -0.15) is 18.3 Å². The highest BCUT2D eigenvalue weighted by Gasteiger charge is 2.30. The molecule has 0 unspecified atom stereocenters. The van der Waals surface area contributed by atoms with Crippen molar-refractivity contribution in [2.45, 2.75) is 38.2 Å². The molecule has 7 heteroatoms. The molecule has 114 valence electrons. The number of nitrogens with zero attached hydrogens (tertiary/aromatic N) is 3. The molecule has 21 heavy (non-hydrogen) atoms. The number of halogens is 4. The van der Waals surface area contributed by atoms with Crippen LogP contribution in [0.3, 0.4) is 0 Å². The van der Waals surface area contributed by atoms with Gasteiger partial charge in [0.1, 0.15) is 0 Å². The van der Waals surface area contributed by atoms with Crippen molar-refractivity contribution in [2.75, 3.05) is 0 Å². The Kier molecular flexibility index (Phi) is 4.93. The highest BCUT2D eigenvalue weighted by molar-refractivity contribution is 5.01. The van der Waals surface area contributed by atoms with Crippen molar-refractivity contribution in [1.82, 2.24) is 14.8 Å². The third kappa shape index (κ3) is 4.84. The predicted octanol–water partition coefficient (Wildman–Crippen LogP) is 3.87. The molecule has 3 rings (SSSR count). The Labute approximate surface area is 119 Å². The lowest BCUT2D eigenvalue weighted by Crippen LogP contribution is -2.09. The minimum atomic E-state index is -4.22. The van der Waals surface area contributed by atoms with Crippen molar-refractivity contribution in [3.8, 4) is 0 Å². The zero-order chi connectivity index (χ0) is 15.3. The summed E-state index contributed by atoms with van der Waals surface area (Å²) in [6.07, 6.45) is -6.33. The van der Waals surface area contributed by atoms with Crippen LogP contribution in [-0.2, 0) is 13.0 Å². The molecule has 0 saturated carbocycles. The normalized spacial score (nSPS) is 17.0. The second-order valence-corrected chi connectivity index (χ2v) is 4.64. The Morgan fingerprint density at radius 1 is 1.10 bits per heavy atom. The minimum Gasteiger partial charge on any atom is -0.247 e. The second-order valence-electron chi connectivity index (χ2n) is 4.64. The van der Waals surface area contributed by atoms with Gasteiger partial charge < -0.3 is 0 Å². The van der Waals surface area contributed by atoms with E-state index in [-0.39, 0.29) is 18.1 Å². The molecule has 1 aromatic carbocycles. The first-order valence-corrected chi connectivity index (χ1v) is 6.60. The summed E-state index contributed by atoms with van der Waals surface area (Å²) >= 11 is 0. The molecule has 2 heterocycles. The van der Waals surface area contributed by atoms with E-state index in [1.807, 2.05) is 36.4 Å². The van der Waals surface area contributed by atoms with Crippen LogP contribution in [-0.4, -0.2) is 20.9 Å². The third-order valence-corrected chi connectivity index (χ3v) is 2.92. The molecule has 0 aliphatic carbocycles. The first-order chi connectivity index (χ1) is 9.96. The first-order valence-electron chi connectivity index (χ1n) is 6.60. The van der Waals surface area contributed by atoms with Gasteiger partial charge in [-0.05, 0) is 0 Å². The maximum absolute atomic E-state index is 13.1. The van der Waals surface area contributed by atoms with Gasteiger partial charge in [-0.1, -0.05) is 36.4 Å². The highest BCUT2D eigenvalue weighted by atomic mass is 19.4. The molecule has 1 aliphatic rings. The van der Waals surface area contributed by atoms with Gasteiger partial charge in [0.2, 0.25) is 0 Å². The molecule has 3 nitrogen and oxygen atoms in total. The van der Waals surface area contributed by atoms with Crippen LogP contribution in [0.1, 0.15) is 30.7 Å². The average Bonchev–Trinajstić information content (AvgIpc) is 3.01. The lowest BCUT2D eigenvalue weighted by atomic mass is 10.3. The van der Waals surface area contributed by atoms with Gasteiger partial charge in [0.15, 0.2) is 17.8 Å². The van der Waals surface area contributed by atoms with Crippen molar-refractivity contribution in [3.63, 3.8) is 0 Å². The molecule has 0 bridgehead atoms. The van der Waals surface area contributed by atoms with E-state index >= 15 is 0 Å². The van der Waals surface area contributed by atoms with Crippen LogP contribution >= 0.6 is 0 Å². The lowest BCUT2D eigenvalue weighted by Gasteiger charge is -2.02. The SMILES string of the molecule is F[C@@H]1CCn2nc(CCC(F)(F)F)nc21.c1ccccc1. The van der Waals surface area contributed by atoms with Crippen LogP contribution in [0.15, 0.2) is 36.4 Å². The number of fused-ring (bicyclic) bond motifs is 1. The Bertz CT molecular complexity index is 524. The highest BCUT2D eigenvalue weighted by Crippen LogP contribution is 2.28. The predicted molar refractivity (Wildman–Crippen MR) is 69.3 cm³/mol. The summed E-state index contributed by atoms with van der Waals surface area (Å²) in [4.78, 5) is 3.75. The zero-order valence-electron chi connectivity index (χ0n) is 11.2. The Morgan fingerprint density at radius 2 is 1.67 bits per heavy atom. The maximum Gasteiger partial charge on any atom is 0.389 e. The van der Waals surface area contributed by atoms with E-state index in [0.717, 1.165) is 0 Å². The fraction of sp³-hybridized carbons (Fsp3) is 0.429. The van der Waals surface area contributed by atoms with Crippen molar-refractivity contribution < 1.29 is 17.6 Å². The summed E-state index contributed by atoms with van der Waals surface area (Å²) in [5.74, 6) is 0.233. The van der Waals surface area contributed by atoms with Gasteiger partial charge in [0.05, 0.1) is 6.42 Å². The molecule has 1 atom stereocenters. The quantitative estimate of drug-likeness (QED) is 0.788. The third-order valence-electron chi connectivity index (χ3n) is 2.92. The molecule has 0 amide bonds. The van der Waals surface area contributed by atoms with Crippen LogP contribution in [0.2, 0.25) is 0 Å². The van der Waals surface area contributed by atoms with Gasteiger partial charge in [-0.25, -0.2) is 14.1 Å². The molecule has 2 aromatic rings. The number of aryl methyl sites for hydroxylation is 2. The summed E-state index contributed by atoms with van der Waals surface area (Å²) < 4.78 is 50.1. The molecule has 0 radical (unpaired) electrons. The molecular weight excluding hydrogens is 286 g/mol. The van der Waals surface area contributed by atoms with Crippen LogP contribution < -0.4 is 0 Å². The second kappa shape index (κ2) is 6.69. The fourth-order valence-corrected chi connectivity index (χ4v) is 1.91. The summed E-state index contributed by atoms with van der Waals surface area (Å²) in [5, 5.41) is 3.81. The topological polar surface area (TPSA) is 30.7 Å². The largest absolute Gasteiger partial charge is 0.389 e. The summed E-state index contributed by atoms with van der Waals surface area (Å²) in [7, 11) is 0. The number of hydrogen-bond donors (Lipinski definition) is 0. The summed E-state index contributed by atoms with van der Waals surface area (Å²) in [5.41, 5.74) is 0. The molecule has 1 aliphatic heterocycles. The Hall–Kier alpha value is -1.92. The smallest absolute Gasteiger partial charge is 0.247 e. The van der Waals surface area contributed by atoms with E-state index in [2.05, 4.69) is 10.1 Å². The van der Waals surface area contributed by atoms with Crippen LogP contribution in [0, 0.1) is 0 Å². The molecule has 0 spiro atoms. The Balaban J connectivity index is 0.000000225. The lowest BCUT2D eigenvalue weighted by molar-refractivity contribution is -0.134. The standard InChI is InChI=1S/C8H9F4N3.C6H6/c9-5-2-4-15-7(5)13-6(14-15)1-3-8(10,11)12;1-2-4-6-5-3-1/h5H,1-4H2;1-6H/t5-;/m1./s1. The van der Waals surface area contributed by atoms with E-state index in [9.17, 15) is 17.6 Å². The number of rotatable bonds is 2. The minimum absolute atomic E-state index is 0.0738. The van der Waals surface area contributed by atoms with Crippen LogP contribution in [0.5, 0.6) is 0 Å². The van der Waals surface area contributed by atoms with Gasteiger partial charge in [0.25, 0.3) is 0 Å². The van der Waals surface area contributed by atoms with Crippen molar-refractivity contribution in [3.05, 3.63) is 48.0 Å². The first kappa shape index (κ1) is 15.5.